The average molecular weight is 294 g/mol. The van der Waals surface area contributed by atoms with E-state index < -0.39 is 11.0 Å². The second kappa shape index (κ2) is 8.31. The van der Waals surface area contributed by atoms with Crippen LogP contribution in [0.1, 0.15) is 10.4 Å². The monoisotopic (exact) mass is 294 g/mol. The highest BCUT2D eigenvalue weighted by molar-refractivity contribution is 5.82. The van der Waals surface area contributed by atoms with Gasteiger partial charge < -0.3 is 14.8 Å². The molecule has 0 unspecified atom stereocenters. The van der Waals surface area contributed by atoms with Crippen LogP contribution in [0.15, 0.2) is 30.9 Å². The maximum atomic E-state index is 11.1. The van der Waals surface area contributed by atoms with Gasteiger partial charge >= 0.3 is 6.09 Å². The van der Waals surface area contributed by atoms with Crippen molar-refractivity contribution < 1.29 is 24.0 Å². The molecule has 112 valence electrons. The molecule has 0 saturated heterocycles. The van der Waals surface area contributed by atoms with Crippen LogP contribution < -0.4 is 10.1 Å². The number of benzene rings is 1. The van der Waals surface area contributed by atoms with Crippen LogP contribution >= 0.6 is 0 Å². The normalized spacial score (nSPS) is 9.52. The highest BCUT2D eigenvalue weighted by Crippen LogP contribution is 2.22. The molecule has 0 atom stereocenters. The largest absolute Gasteiger partial charge is 0.492 e. The Hall–Kier alpha value is -2.90. The van der Waals surface area contributed by atoms with E-state index >= 15 is 0 Å². The second-order valence-electron chi connectivity index (χ2n) is 3.76. The van der Waals surface area contributed by atoms with Crippen molar-refractivity contribution in [3.05, 3.63) is 46.5 Å². The standard InChI is InChI=1S/C13H14N2O6/c1-2-6-21-13(17)14-5-7-20-11-3-4-12(15(18)19)10(8-11)9-16/h2-4,8-9H,1,5-7H2,(H,14,17). The van der Waals surface area contributed by atoms with Gasteiger partial charge in [0.05, 0.1) is 17.0 Å². The topological polar surface area (TPSA) is 108 Å². The summed E-state index contributed by atoms with van der Waals surface area (Å²) >= 11 is 0. The van der Waals surface area contributed by atoms with Crippen LogP contribution in [0.25, 0.3) is 0 Å². The van der Waals surface area contributed by atoms with Gasteiger partial charge in [0.15, 0.2) is 6.29 Å². The summed E-state index contributed by atoms with van der Waals surface area (Å²) in [6.07, 6.45) is 1.22. The smallest absolute Gasteiger partial charge is 0.407 e. The van der Waals surface area contributed by atoms with E-state index in [9.17, 15) is 19.7 Å². The van der Waals surface area contributed by atoms with Gasteiger partial charge in [-0.1, -0.05) is 12.7 Å². The number of alkyl carbamates (subject to hydrolysis) is 1. The Labute approximate surface area is 120 Å². The van der Waals surface area contributed by atoms with E-state index in [1.165, 1.54) is 24.3 Å². The fourth-order valence-electron chi connectivity index (χ4n) is 1.39. The first-order chi connectivity index (χ1) is 10.1. The lowest BCUT2D eigenvalue weighted by molar-refractivity contribution is -0.385. The molecule has 0 spiro atoms. The molecule has 8 heteroatoms. The Morgan fingerprint density at radius 2 is 2.24 bits per heavy atom. The number of nitro groups is 1. The summed E-state index contributed by atoms with van der Waals surface area (Å²) in [5.41, 5.74) is -0.362. The molecule has 1 aromatic carbocycles. The number of hydrogen-bond donors (Lipinski definition) is 1. The number of amides is 1. The molecule has 0 aliphatic carbocycles. The number of nitrogens with one attached hydrogen (secondary N) is 1. The minimum absolute atomic E-state index is 0.0733. The third-order valence-corrected chi connectivity index (χ3v) is 2.30. The zero-order valence-electron chi connectivity index (χ0n) is 11.1. The lowest BCUT2D eigenvalue weighted by atomic mass is 10.2. The molecule has 1 N–H and O–H groups in total. The maximum Gasteiger partial charge on any atom is 0.407 e. The fourth-order valence-corrected chi connectivity index (χ4v) is 1.39. The molecule has 0 saturated carbocycles. The van der Waals surface area contributed by atoms with E-state index in [1.807, 2.05) is 0 Å². The summed E-state index contributed by atoms with van der Waals surface area (Å²) in [5, 5.41) is 13.1. The van der Waals surface area contributed by atoms with Gasteiger partial charge in [-0.25, -0.2) is 4.79 Å². The van der Waals surface area contributed by atoms with Crippen molar-refractivity contribution in [2.45, 2.75) is 0 Å². The predicted octanol–water partition coefficient (Wildman–Crippen LogP) is 1.70. The Bertz CT molecular complexity index is 543. The first-order valence-electron chi connectivity index (χ1n) is 5.96. The van der Waals surface area contributed by atoms with Crippen molar-refractivity contribution in [1.29, 1.82) is 0 Å². The van der Waals surface area contributed by atoms with Crippen molar-refractivity contribution in [2.75, 3.05) is 19.8 Å². The van der Waals surface area contributed by atoms with Crippen LogP contribution in [0.2, 0.25) is 0 Å². The number of nitrogens with zero attached hydrogens (tertiary/aromatic N) is 1. The average Bonchev–Trinajstić information content (AvgIpc) is 2.49. The van der Waals surface area contributed by atoms with Crippen LogP contribution in [-0.4, -0.2) is 37.1 Å². The molecule has 0 aliphatic heterocycles. The molecular weight excluding hydrogens is 280 g/mol. The number of ether oxygens (including phenoxy) is 2. The van der Waals surface area contributed by atoms with Crippen LogP contribution in [0.4, 0.5) is 10.5 Å². The number of carbonyl (C=O) groups excluding carboxylic acids is 2. The van der Waals surface area contributed by atoms with Crippen molar-refractivity contribution in [3.8, 4) is 5.75 Å². The van der Waals surface area contributed by atoms with Crippen LogP contribution in [0, 0.1) is 10.1 Å². The molecule has 1 rings (SSSR count). The highest BCUT2D eigenvalue weighted by atomic mass is 16.6. The van der Waals surface area contributed by atoms with Gasteiger partial charge in [-0.15, -0.1) is 0 Å². The fraction of sp³-hybridized carbons (Fsp3) is 0.231. The van der Waals surface area contributed by atoms with Crippen LogP contribution in [-0.2, 0) is 4.74 Å². The molecule has 21 heavy (non-hydrogen) atoms. The van der Waals surface area contributed by atoms with E-state index in [4.69, 9.17) is 4.74 Å². The second-order valence-corrected chi connectivity index (χ2v) is 3.76. The first kappa shape index (κ1) is 16.2. The molecule has 0 fully saturated rings. The third-order valence-electron chi connectivity index (χ3n) is 2.30. The summed E-state index contributed by atoms with van der Waals surface area (Å²) in [4.78, 5) is 31.8. The summed E-state index contributed by atoms with van der Waals surface area (Å²) in [6, 6.07) is 3.83. The molecule has 0 radical (unpaired) electrons. The van der Waals surface area contributed by atoms with E-state index in [0.717, 1.165) is 0 Å². The Balaban J connectivity index is 2.46. The minimum Gasteiger partial charge on any atom is -0.492 e. The Kier molecular flexibility index (Phi) is 6.39. The van der Waals surface area contributed by atoms with E-state index in [1.54, 1.807) is 0 Å². The SMILES string of the molecule is C=CCOC(=O)NCCOc1ccc([N+](=O)[O-])c(C=O)c1. The quantitative estimate of drug-likeness (QED) is 0.257. The van der Waals surface area contributed by atoms with Gasteiger partial charge in [-0.2, -0.15) is 0 Å². The van der Waals surface area contributed by atoms with Gasteiger partial charge in [0.1, 0.15) is 19.0 Å². The Morgan fingerprint density at radius 3 is 2.86 bits per heavy atom. The van der Waals surface area contributed by atoms with Crippen LogP contribution in [0.5, 0.6) is 5.75 Å². The van der Waals surface area contributed by atoms with Crippen molar-refractivity contribution >= 4 is 18.1 Å². The van der Waals surface area contributed by atoms with Crippen molar-refractivity contribution in [1.82, 2.24) is 5.32 Å². The lowest BCUT2D eigenvalue weighted by Gasteiger charge is -2.08. The number of carbonyl (C=O) groups is 2. The highest BCUT2D eigenvalue weighted by Gasteiger charge is 2.13. The van der Waals surface area contributed by atoms with Crippen molar-refractivity contribution in [3.63, 3.8) is 0 Å². The van der Waals surface area contributed by atoms with Gasteiger partial charge in [-0.05, 0) is 12.1 Å². The molecule has 0 bridgehead atoms. The third kappa shape index (κ3) is 5.31. The zero-order valence-corrected chi connectivity index (χ0v) is 11.1. The zero-order chi connectivity index (χ0) is 15.7. The number of hydrogen-bond acceptors (Lipinski definition) is 6. The first-order valence-corrected chi connectivity index (χ1v) is 5.96. The molecule has 8 nitrogen and oxygen atoms in total. The Morgan fingerprint density at radius 1 is 1.48 bits per heavy atom. The summed E-state index contributed by atoms with van der Waals surface area (Å²) in [7, 11) is 0. The van der Waals surface area contributed by atoms with E-state index in [0.29, 0.717) is 12.0 Å². The van der Waals surface area contributed by atoms with Gasteiger partial charge in [0.25, 0.3) is 5.69 Å². The predicted molar refractivity (Wildman–Crippen MR) is 73.5 cm³/mol. The summed E-state index contributed by atoms with van der Waals surface area (Å²) < 4.78 is 9.94. The van der Waals surface area contributed by atoms with E-state index in [2.05, 4.69) is 16.6 Å². The molecule has 0 aliphatic rings. The van der Waals surface area contributed by atoms with Gasteiger partial charge in [0.2, 0.25) is 0 Å². The molecule has 1 aromatic rings. The molecule has 1 amide bonds. The number of nitro benzene ring substituents is 1. The van der Waals surface area contributed by atoms with Crippen molar-refractivity contribution in [2.24, 2.45) is 0 Å². The van der Waals surface area contributed by atoms with E-state index in [-0.39, 0.29) is 31.0 Å². The van der Waals surface area contributed by atoms with Crippen LogP contribution in [0.3, 0.4) is 0 Å². The molecular formula is C13H14N2O6. The molecule has 0 aromatic heterocycles. The van der Waals surface area contributed by atoms with Gasteiger partial charge in [0, 0.05) is 6.07 Å². The number of aldehydes is 1. The minimum atomic E-state index is -0.648. The molecule has 0 heterocycles. The number of rotatable bonds is 8. The lowest BCUT2D eigenvalue weighted by Crippen LogP contribution is -2.28. The maximum absolute atomic E-state index is 11.1. The summed E-state index contributed by atoms with van der Waals surface area (Å²) in [5.74, 6) is 0.295. The van der Waals surface area contributed by atoms with Gasteiger partial charge in [-0.3, -0.25) is 14.9 Å². The summed E-state index contributed by atoms with van der Waals surface area (Å²) in [6.45, 7) is 3.82.